The summed E-state index contributed by atoms with van der Waals surface area (Å²) < 4.78 is 0. The number of nitriles is 1. The first-order chi connectivity index (χ1) is 12.6. The third-order valence-corrected chi connectivity index (χ3v) is 5.00. The fraction of sp³-hybridized carbons (Fsp3) is 0.368. The summed E-state index contributed by atoms with van der Waals surface area (Å²) in [4.78, 5) is 28.6. The second-order valence-corrected chi connectivity index (χ2v) is 6.90. The number of para-hydroxylation sites is 1. The van der Waals surface area contributed by atoms with Gasteiger partial charge in [0.05, 0.1) is 11.3 Å². The summed E-state index contributed by atoms with van der Waals surface area (Å²) in [6.45, 7) is 2.23. The number of aromatic nitrogens is 2. The van der Waals surface area contributed by atoms with Crippen molar-refractivity contribution in [2.45, 2.75) is 31.7 Å². The lowest BCUT2D eigenvalue weighted by atomic mass is 10.1. The zero-order valence-electron chi connectivity index (χ0n) is 14.5. The van der Waals surface area contributed by atoms with Crippen molar-refractivity contribution in [3.63, 3.8) is 0 Å². The van der Waals surface area contributed by atoms with Crippen LogP contribution < -0.4 is 4.90 Å². The summed E-state index contributed by atoms with van der Waals surface area (Å²) in [6.07, 6.45) is 2.25. The number of carbonyl (C=O) groups excluding carboxylic acids is 2. The van der Waals surface area contributed by atoms with Crippen molar-refractivity contribution in [3.8, 4) is 6.07 Å². The van der Waals surface area contributed by atoms with Crippen molar-refractivity contribution in [3.05, 3.63) is 47.3 Å². The Kier molecular flexibility index (Phi) is 3.96. The minimum absolute atomic E-state index is 0.0224. The van der Waals surface area contributed by atoms with Crippen LogP contribution in [0.1, 0.15) is 47.4 Å². The second-order valence-electron chi connectivity index (χ2n) is 6.90. The van der Waals surface area contributed by atoms with Gasteiger partial charge in [0.15, 0.2) is 0 Å². The van der Waals surface area contributed by atoms with E-state index in [-0.39, 0.29) is 24.4 Å². The number of hydrogen-bond donors (Lipinski definition) is 1. The van der Waals surface area contributed by atoms with Crippen molar-refractivity contribution in [1.82, 2.24) is 15.1 Å². The Bertz CT molecular complexity index is 909. The van der Waals surface area contributed by atoms with E-state index in [2.05, 4.69) is 16.3 Å². The van der Waals surface area contributed by atoms with Crippen molar-refractivity contribution < 1.29 is 9.59 Å². The summed E-state index contributed by atoms with van der Waals surface area (Å²) in [7, 11) is 0. The Morgan fingerprint density at radius 1 is 1.35 bits per heavy atom. The van der Waals surface area contributed by atoms with Crippen LogP contribution >= 0.6 is 0 Å². The number of piperazine rings is 1. The van der Waals surface area contributed by atoms with Gasteiger partial charge in [-0.25, -0.2) is 0 Å². The normalized spacial score (nSPS) is 20.2. The van der Waals surface area contributed by atoms with Gasteiger partial charge in [-0.1, -0.05) is 12.1 Å². The predicted octanol–water partition coefficient (Wildman–Crippen LogP) is 2.04. The average Bonchev–Trinajstić information content (AvgIpc) is 3.39. The highest BCUT2D eigenvalue weighted by molar-refractivity contribution is 6.02. The van der Waals surface area contributed by atoms with E-state index < -0.39 is 0 Å². The van der Waals surface area contributed by atoms with Crippen LogP contribution in [-0.4, -0.2) is 46.0 Å². The summed E-state index contributed by atoms with van der Waals surface area (Å²) in [5.41, 5.74) is 2.40. The van der Waals surface area contributed by atoms with Gasteiger partial charge >= 0.3 is 0 Å². The Morgan fingerprint density at radius 2 is 2.12 bits per heavy atom. The van der Waals surface area contributed by atoms with Gasteiger partial charge in [0.25, 0.3) is 5.91 Å². The van der Waals surface area contributed by atoms with E-state index in [9.17, 15) is 14.9 Å². The van der Waals surface area contributed by atoms with Crippen LogP contribution in [-0.2, 0) is 4.79 Å². The van der Waals surface area contributed by atoms with Gasteiger partial charge in [0, 0.05) is 24.2 Å². The summed E-state index contributed by atoms with van der Waals surface area (Å²) in [5.74, 6) is 0.0572. The quantitative estimate of drug-likeness (QED) is 0.917. The number of carbonyl (C=O) groups is 2. The van der Waals surface area contributed by atoms with Crippen LogP contribution in [0.25, 0.3) is 0 Å². The smallest absolute Gasteiger partial charge is 0.275 e. The standard InChI is InChI=1S/C19H19N5O2/c1-12-10-24(17-5-3-2-4-14(17)9-20)18(25)11-23(12)19(26)16-8-15(21-22-16)13-6-7-13/h2-5,8,12-13H,6-7,10-11H2,1H3,(H,21,22)/t12-/m0/s1. The van der Waals surface area contributed by atoms with Gasteiger partial charge in [-0.15, -0.1) is 0 Å². The molecule has 1 saturated carbocycles. The van der Waals surface area contributed by atoms with Crippen LogP contribution in [0.5, 0.6) is 0 Å². The van der Waals surface area contributed by atoms with Gasteiger partial charge < -0.3 is 9.80 Å². The molecule has 2 amide bonds. The molecule has 0 bridgehead atoms. The van der Waals surface area contributed by atoms with Crippen LogP contribution in [0.4, 0.5) is 5.69 Å². The highest BCUT2D eigenvalue weighted by Gasteiger charge is 2.36. The summed E-state index contributed by atoms with van der Waals surface area (Å²) in [5, 5.41) is 16.3. The molecule has 0 radical (unpaired) electrons. The van der Waals surface area contributed by atoms with E-state index in [1.165, 1.54) is 0 Å². The van der Waals surface area contributed by atoms with E-state index >= 15 is 0 Å². The van der Waals surface area contributed by atoms with E-state index in [4.69, 9.17) is 0 Å². The molecular formula is C19H19N5O2. The number of benzene rings is 1. The predicted molar refractivity (Wildman–Crippen MR) is 94.6 cm³/mol. The number of anilines is 1. The van der Waals surface area contributed by atoms with Crippen molar-refractivity contribution in [2.24, 2.45) is 0 Å². The fourth-order valence-electron chi connectivity index (χ4n) is 3.36. The second kappa shape index (κ2) is 6.30. The van der Waals surface area contributed by atoms with Crippen molar-refractivity contribution in [1.29, 1.82) is 5.26 Å². The number of rotatable bonds is 3. The maximum atomic E-state index is 12.8. The topological polar surface area (TPSA) is 93.1 Å². The minimum Gasteiger partial charge on any atom is -0.323 e. The highest BCUT2D eigenvalue weighted by atomic mass is 16.2. The summed E-state index contributed by atoms with van der Waals surface area (Å²) in [6, 6.07) is 10.8. The zero-order valence-corrected chi connectivity index (χ0v) is 14.5. The number of nitrogens with zero attached hydrogens (tertiary/aromatic N) is 4. The number of nitrogens with one attached hydrogen (secondary N) is 1. The molecule has 1 N–H and O–H groups in total. The summed E-state index contributed by atoms with van der Waals surface area (Å²) >= 11 is 0. The molecule has 1 aromatic carbocycles. The van der Waals surface area contributed by atoms with Gasteiger partial charge in [-0.3, -0.25) is 14.7 Å². The third-order valence-electron chi connectivity index (χ3n) is 5.00. The minimum atomic E-state index is -0.234. The Balaban J connectivity index is 1.53. The lowest BCUT2D eigenvalue weighted by Gasteiger charge is -2.39. The molecule has 7 nitrogen and oxygen atoms in total. The highest BCUT2D eigenvalue weighted by Crippen LogP contribution is 2.39. The molecule has 0 spiro atoms. The Morgan fingerprint density at radius 3 is 2.85 bits per heavy atom. The zero-order chi connectivity index (χ0) is 18.3. The molecule has 26 heavy (non-hydrogen) atoms. The molecule has 1 saturated heterocycles. The molecule has 1 aromatic heterocycles. The first-order valence-electron chi connectivity index (χ1n) is 8.74. The fourth-order valence-corrected chi connectivity index (χ4v) is 3.36. The van der Waals surface area contributed by atoms with Crippen LogP contribution in [0.15, 0.2) is 30.3 Å². The largest absolute Gasteiger partial charge is 0.323 e. The molecule has 2 aromatic rings. The number of aromatic amines is 1. The molecule has 2 aliphatic rings. The first kappa shape index (κ1) is 16.3. The van der Waals surface area contributed by atoms with Gasteiger partial charge in [0.2, 0.25) is 5.91 Å². The first-order valence-corrected chi connectivity index (χ1v) is 8.74. The maximum absolute atomic E-state index is 12.8. The molecule has 2 heterocycles. The number of hydrogen-bond acceptors (Lipinski definition) is 4. The molecule has 2 fully saturated rings. The molecule has 1 aliphatic heterocycles. The number of H-pyrrole nitrogens is 1. The van der Waals surface area contributed by atoms with E-state index in [1.54, 1.807) is 40.1 Å². The van der Waals surface area contributed by atoms with Crippen LogP contribution in [0.3, 0.4) is 0 Å². The SMILES string of the molecule is C[C@H]1CN(c2ccccc2C#N)C(=O)CN1C(=O)c1cc(C2CC2)[nH]n1. The average molecular weight is 349 g/mol. The van der Waals surface area contributed by atoms with E-state index in [0.717, 1.165) is 18.5 Å². The molecule has 1 aliphatic carbocycles. The number of amides is 2. The monoisotopic (exact) mass is 349 g/mol. The van der Waals surface area contributed by atoms with Crippen molar-refractivity contribution in [2.75, 3.05) is 18.0 Å². The molecule has 132 valence electrons. The molecular weight excluding hydrogens is 330 g/mol. The third kappa shape index (κ3) is 2.84. The molecule has 7 heteroatoms. The lowest BCUT2D eigenvalue weighted by Crippen LogP contribution is -2.57. The Hall–Kier alpha value is -3.14. The van der Waals surface area contributed by atoms with Crippen LogP contribution in [0.2, 0.25) is 0 Å². The van der Waals surface area contributed by atoms with Crippen molar-refractivity contribution >= 4 is 17.5 Å². The van der Waals surface area contributed by atoms with Gasteiger partial charge in [-0.2, -0.15) is 10.4 Å². The maximum Gasteiger partial charge on any atom is 0.275 e. The Labute approximate surface area is 151 Å². The molecule has 0 unspecified atom stereocenters. The lowest BCUT2D eigenvalue weighted by molar-refractivity contribution is -0.121. The van der Waals surface area contributed by atoms with E-state index in [0.29, 0.717) is 29.4 Å². The molecule has 1 atom stereocenters. The van der Waals surface area contributed by atoms with Crippen LogP contribution in [0, 0.1) is 11.3 Å². The van der Waals surface area contributed by atoms with Gasteiger partial charge in [-0.05, 0) is 38.0 Å². The molecule has 4 rings (SSSR count). The van der Waals surface area contributed by atoms with Gasteiger partial charge in [0.1, 0.15) is 18.3 Å². The van der Waals surface area contributed by atoms with E-state index in [1.807, 2.05) is 6.92 Å².